The number of fused-ring (bicyclic) bond motifs is 1. The summed E-state index contributed by atoms with van der Waals surface area (Å²) in [5, 5.41) is 19.4. The molecule has 5 N–H and O–H groups in total. The maximum Gasteiger partial charge on any atom is 0.313 e. The van der Waals surface area contributed by atoms with E-state index in [1.54, 1.807) is 22.5 Å². The Kier molecular flexibility index (Phi) is 3.60. The molecule has 4 atom stereocenters. The summed E-state index contributed by atoms with van der Waals surface area (Å²) in [6, 6.07) is 0. The van der Waals surface area contributed by atoms with Crippen molar-refractivity contribution in [3.63, 3.8) is 0 Å². The molecule has 3 heterocycles. The van der Waals surface area contributed by atoms with Crippen LogP contribution >= 0.6 is 0 Å². The number of imidazole rings is 1. The molecular weight excluding hydrogens is 294 g/mol. The van der Waals surface area contributed by atoms with E-state index in [-0.39, 0.29) is 18.1 Å². The van der Waals surface area contributed by atoms with Crippen LogP contribution in [0.2, 0.25) is 0 Å². The van der Waals surface area contributed by atoms with Gasteiger partial charge in [0.15, 0.2) is 6.33 Å². The van der Waals surface area contributed by atoms with Gasteiger partial charge in [-0.1, -0.05) is 4.98 Å². The van der Waals surface area contributed by atoms with E-state index in [0.717, 1.165) is 0 Å². The first-order valence-electron chi connectivity index (χ1n) is 6.71. The number of methoxy groups -OCH3 is 1. The quantitative estimate of drug-likeness (QED) is 0.455. The Hall–Kier alpha value is -2.01. The van der Waals surface area contributed by atoms with Crippen molar-refractivity contribution in [3.8, 4) is 0 Å². The largest absolute Gasteiger partial charge is 0.394 e. The lowest BCUT2D eigenvalue weighted by Gasteiger charge is -2.16. The van der Waals surface area contributed by atoms with Gasteiger partial charge in [0.05, 0.1) is 13.7 Å². The normalized spacial score (nSPS) is 28.5. The maximum atomic E-state index is 12.0. The molecule has 10 nitrogen and oxygen atoms in total. The van der Waals surface area contributed by atoms with Crippen LogP contribution in [0, 0.1) is 0 Å². The van der Waals surface area contributed by atoms with Gasteiger partial charge in [-0.15, -0.1) is 0 Å². The first-order chi connectivity index (χ1) is 10.5. The highest BCUT2D eigenvalue weighted by Gasteiger charge is 2.47. The van der Waals surface area contributed by atoms with Crippen molar-refractivity contribution in [2.45, 2.75) is 24.5 Å². The Bertz CT molecular complexity index is 756. The lowest BCUT2D eigenvalue weighted by Crippen LogP contribution is -2.47. The summed E-state index contributed by atoms with van der Waals surface area (Å²) in [5.74, 6) is -0.0244. The van der Waals surface area contributed by atoms with Crippen molar-refractivity contribution in [2.75, 3.05) is 19.5 Å². The summed E-state index contributed by atoms with van der Waals surface area (Å²) in [6.07, 6.45) is -1.63. The van der Waals surface area contributed by atoms with Crippen molar-refractivity contribution in [1.29, 1.82) is 0 Å². The van der Waals surface area contributed by atoms with Crippen molar-refractivity contribution >= 4 is 17.1 Å². The van der Waals surface area contributed by atoms with E-state index in [1.807, 2.05) is 0 Å². The molecule has 2 aromatic heterocycles. The molecular formula is C12H18N5O5+. The van der Waals surface area contributed by atoms with Gasteiger partial charge >= 0.3 is 5.65 Å². The van der Waals surface area contributed by atoms with Crippen LogP contribution < -0.4 is 15.9 Å². The highest BCUT2D eigenvalue weighted by molar-refractivity contribution is 5.67. The molecule has 10 heteroatoms. The molecule has 0 spiro atoms. The van der Waals surface area contributed by atoms with E-state index in [4.69, 9.17) is 15.2 Å². The average Bonchev–Trinajstić information content (AvgIpc) is 2.96. The van der Waals surface area contributed by atoms with Gasteiger partial charge in [-0.25, -0.2) is 4.57 Å². The minimum absolute atomic E-state index is 0.0244. The van der Waals surface area contributed by atoms with Gasteiger partial charge in [0, 0.05) is 7.11 Å². The van der Waals surface area contributed by atoms with Crippen LogP contribution in [0.15, 0.2) is 11.1 Å². The van der Waals surface area contributed by atoms with Crippen LogP contribution in [0.5, 0.6) is 0 Å². The van der Waals surface area contributed by atoms with Gasteiger partial charge in [0.25, 0.3) is 11.5 Å². The molecule has 0 amide bonds. The summed E-state index contributed by atoms with van der Waals surface area (Å²) in [7, 11) is 3.12. The summed E-state index contributed by atoms with van der Waals surface area (Å²) in [4.78, 5) is 18.6. The predicted octanol–water partition coefficient (Wildman–Crippen LogP) is -2.60. The number of hydrogen-bond acceptors (Lipinski definition) is 7. The standard InChI is InChI=1S/C12H17N5O5/c1-16-4-17(9-6(16)10(20)15-12(13)14-9)11-8(21-2)7(19)5(3-18)22-11/h4-5,7-8,11,18-19H,3H2,1-2H3,(H2-,13,14,15,20)/p+1/t5-,7-,8-,11-/m1/s1. The second kappa shape index (κ2) is 5.32. The molecule has 1 aliphatic rings. The number of nitrogens with one attached hydrogen (secondary N) is 1. The predicted molar refractivity (Wildman–Crippen MR) is 73.7 cm³/mol. The molecule has 1 saturated heterocycles. The highest BCUT2D eigenvalue weighted by atomic mass is 16.6. The van der Waals surface area contributed by atoms with Crippen molar-refractivity contribution in [1.82, 2.24) is 14.5 Å². The Labute approximate surface area is 124 Å². The van der Waals surface area contributed by atoms with Gasteiger partial charge in [0.2, 0.25) is 11.7 Å². The van der Waals surface area contributed by atoms with Gasteiger partial charge in [-0.05, 0) is 0 Å². The molecule has 3 rings (SSSR count). The Balaban J connectivity index is 2.16. The number of nitrogen functional groups attached to an aromatic ring is 1. The van der Waals surface area contributed by atoms with E-state index in [2.05, 4.69) is 9.97 Å². The minimum Gasteiger partial charge on any atom is -0.394 e. The molecule has 1 aliphatic heterocycles. The zero-order valence-electron chi connectivity index (χ0n) is 12.1. The number of nitrogens with zero attached hydrogens (tertiary/aromatic N) is 3. The van der Waals surface area contributed by atoms with E-state index in [0.29, 0.717) is 11.2 Å². The number of aryl methyl sites for hydroxylation is 1. The number of aromatic nitrogens is 4. The number of ether oxygens (including phenoxy) is 2. The molecule has 0 bridgehead atoms. The maximum absolute atomic E-state index is 12.0. The minimum atomic E-state index is -0.998. The first-order valence-corrected chi connectivity index (χ1v) is 6.71. The monoisotopic (exact) mass is 312 g/mol. The molecule has 0 aliphatic carbocycles. The Morgan fingerprint density at radius 1 is 1.64 bits per heavy atom. The number of aromatic amines is 1. The van der Waals surface area contributed by atoms with E-state index < -0.39 is 24.5 Å². The SMILES string of the molecule is CO[C@@H]1[C@H](O)[C@@H](CO)O[C@H]1[n+]1cn(C)c2c(=O)[nH]c(N)nc21. The summed E-state index contributed by atoms with van der Waals surface area (Å²) >= 11 is 0. The molecule has 22 heavy (non-hydrogen) atoms. The van der Waals surface area contributed by atoms with Gasteiger partial charge in [-0.2, -0.15) is 0 Å². The fourth-order valence-corrected chi connectivity index (χ4v) is 2.80. The van der Waals surface area contributed by atoms with Crippen LogP contribution in [-0.4, -0.2) is 56.8 Å². The molecule has 2 aromatic rings. The number of H-pyrrole nitrogens is 1. The number of aliphatic hydroxyl groups excluding tert-OH is 2. The first kappa shape index (κ1) is 14.9. The van der Waals surface area contributed by atoms with Crippen LogP contribution in [0.3, 0.4) is 0 Å². The summed E-state index contributed by atoms with van der Waals surface area (Å²) in [6.45, 7) is -0.348. The molecule has 1 fully saturated rings. The second-order valence-electron chi connectivity index (χ2n) is 5.20. The van der Waals surface area contributed by atoms with Crippen molar-refractivity contribution in [2.24, 2.45) is 7.05 Å². The topological polar surface area (TPSA) is 140 Å². The van der Waals surface area contributed by atoms with E-state index in [9.17, 15) is 15.0 Å². The molecule has 0 radical (unpaired) electrons. The van der Waals surface area contributed by atoms with E-state index >= 15 is 0 Å². The van der Waals surface area contributed by atoms with Gasteiger partial charge in [0.1, 0.15) is 18.3 Å². The third kappa shape index (κ3) is 2.08. The number of rotatable bonds is 3. The van der Waals surface area contributed by atoms with Crippen LogP contribution in [0.1, 0.15) is 6.23 Å². The van der Waals surface area contributed by atoms with E-state index in [1.165, 1.54) is 7.11 Å². The number of aliphatic hydroxyl groups is 2. The van der Waals surface area contributed by atoms with Crippen molar-refractivity contribution < 1.29 is 24.3 Å². The number of anilines is 1. The molecule has 0 aromatic carbocycles. The third-order valence-corrected chi connectivity index (χ3v) is 3.83. The van der Waals surface area contributed by atoms with Crippen LogP contribution in [-0.2, 0) is 16.5 Å². The summed E-state index contributed by atoms with van der Waals surface area (Å²) in [5.41, 5.74) is 5.84. The lowest BCUT2D eigenvalue weighted by molar-refractivity contribution is -0.746. The summed E-state index contributed by atoms with van der Waals surface area (Å²) < 4.78 is 14.1. The van der Waals surface area contributed by atoms with Gasteiger partial charge < -0.3 is 25.4 Å². The number of hydrogen-bond donors (Lipinski definition) is 4. The number of nitrogens with two attached hydrogens (primary N) is 1. The molecule has 0 saturated carbocycles. The fourth-order valence-electron chi connectivity index (χ4n) is 2.80. The lowest BCUT2D eigenvalue weighted by atomic mass is 10.1. The second-order valence-corrected chi connectivity index (χ2v) is 5.20. The molecule has 0 unspecified atom stereocenters. The van der Waals surface area contributed by atoms with Crippen LogP contribution in [0.25, 0.3) is 11.2 Å². The average molecular weight is 312 g/mol. The Morgan fingerprint density at radius 3 is 3.00 bits per heavy atom. The highest BCUT2D eigenvalue weighted by Crippen LogP contribution is 2.28. The molecule has 120 valence electrons. The van der Waals surface area contributed by atoms with Gasteiger partial charge in [-0.3, -0.25) is 14.3 Å². The third-order valence-electron chi connectivity index (χ3n) is 3.83. The Morgan fingerprint density at radius 2 is 2.36 bits per heavy atom. The smallest absolute Gasteiger partial charge is 0.313 e. The van der Waals surface area contributed by atoms with Crippen LogP contribution in [0.4, 0.5) is 5.95 Å². The zero-order valence-corrected chi connectivity index (χ0v) is 12.1. The zero-order chi connectivity index (χ0) is 16.0. The fraction of sp³-hybridized carbons (Fsp3) is 0.583. The van der Waals surface area contributed by atoms with Crippen molar-refractivity contribution in [3.05, 3.63) is 16.7 Å².